The van der Waals surface area contributed by atoms with E-state index in [1.54, 1.807) is 30.6 Å². The highest BCUT2D eigenvalue weighted by atomic mass is 16.1. The molecule has 1 aromatic rings. The largest absolute Gasteiger partial charge is 0.306 e. The van der Waals surface area contributed by atoms with E-state index < -0.39 is 0 Å². The van der Waals surface area contributed by atoms with Gasteiger partial charge in [0.1, 0.15) is 0 Å². The van der Waals surface area contributed by atoms with Crippen molar-refractivity contribution in [1.29, 1.82) is 0 Å². The number of rotatable bonds is 5. The molecule has 0 saturated carbocycles. The van der Waals surface area contributed by atoms with E-state index in [0.717, 1.165) is 0 Å². The molecule has 1 heterocycles. The Hall–Kier alpha value is -1.48. The number of hydrogen-bond donors (Lipinski definition) is 1. The predicted octanol–water partition coefficient (Wildman–Crippen LogP) is 1.04. The monoisotopic (exact) mass is 176 g/mol. The van der Waals surface area contributed by atoms with Gasteiger partial charge in [0, 0.05) is 24.5 Å². The Balaban J connectivity index is 2.45. The van der Waals surface area contributed by atoms with Crippen molar-refractivity contribution < 1.29 is 4.79 Å². The van der Waals surface area contributed by atoms with E-state index in [-0.39, 0.29) is 5.78 Å². The molecule has 0 amide bonds. The number of carbonyl (C=O) groups is 1. The first-order chi connectivity index (χ1) is 6.34. The lowest BCUT2D eigenvalue weighted by Crippen LogP contribution is -2.22. The molecule has 1 rings (SSSR count). The third-order valence-corrected chi connectivity index (χ3v) is 1.56. The molecule has 0 aliphatic rings. The molecule has 3 nitrogen and oxygen atoms in total. The quantitative estimate of drug-likeness (QED) is 0.414. The van der Waals surface area contributed by atoms with Gasteiger partial charge < -0.3 is 5.32 Å². The summed E-state index contributed by atoms with van der Waals surface area (Å²) in [6.45, 7) is 4.52. The van der Waals surface area contributed by atoms with Gasteiger partial charge in [-0.05, 0) is 12.1 Å². The van der Waals surface area contributed by atoms with Crippen LogP contribution in [0.5, 0.6) is 0 Å². The van der Waals surface area contributed by atoms with E-state index >= 15 is 0 Å². The van der Waals surface area contributed by atoms with Crippen molar-refractivity contribution in [1.82, 2.24) is 10.3 Å². The highest BCUT2D eigenvalue weighted by Crippen LogP contribution is 1.95. The minimum absolute atomic E-state index is 0.0509. The van der Waals surface area contributed by atoms with Crippen molar-refractivity contribution in [3.05, 3.63) is 42.7 Å². The minimum Gasteiger partial charge on any atom is -0.306 e. The van der Waals surface area contributed by atoms with Crippen LogP contribution in [0, 0.1) is 0 Å². The molecule has 1 N–H and O–H groups in total. The van der Waals surface area contributed by atoms with Gasteiger partial charge in [0.15, 0.2) is 5.78 Å². The zero-order valence-corrected chi connectivity index (χ0v) is 7.36. The summed E-state index contributed by atoms with van der Waals surface area (Å²) in [4.78, 5) is 15.2. The van der Waals surface area contributed by atoms with Gasteiger partial charge in [-0.1, -0.05) is 6.08 Å². The van der Waals surface area contributed by atoms with Crippen LogP contribution in [0.25, 0.3) is 0 Å². The molecule has 0 saturated heterocycles. The van der Waals surface area contributed by atoms with E-state index in [9.17, 15) is 4.79 Å². The molecule has 0 radical (unpaired) electrons. The van der Waals surface area contributed by atoms with Gasteiger partial charge in [-0.25, -0.2) is 0 Å². The first-order valence-electron chi connectivity index (χ1n) is 4.09. The molecular weight excluding hydrogens is 164 g/mol. The summed E-state index contributed by atoms with van der Waals surface area (Å²) in [7, 11) is 0. The van der Waals surface area contributed by atoms with Gasteiger partial charge in [-0.15, -0.1) is 6.58 Å². The number of nitrogens with zero attached hydrogens (tertiary/aromatic N) is 1. The second kappa shape index (κ2) is 5.22. The molecule has 13 heavy (non-hydrogen) atoms. The van der Waals surface area contributed by atoms with E-state index in [0.29, 0.717) is 18.7 Å². The number of ketones is 1. The fraction of sp³-hybridized carbons (Fsp3) is 0.200. The molecular formula is C10H12N2O. The maximum atomic E-state index is 11.4. The molecule has 0 aromatic carbocycles. The summed E-state index contributed by atoms with van der Waals surface area (Å²) in [6.07, 6.45) is 4.93. The number of nitrogens with one attached hydrogen (secondary N) is 1. The fourth-order valence-electron chi connectivity index (χ4n) is 0.918. The SMILES string of the molecule is C=CCNCC(=O)c1cccnc1. The number of pyridine rings is 1. The van der Waals surface area contributed by atoms with Gasteiger partial charge in [-0.2, -0.15) is 0 Å². The Morgan fingerprint density at radius 1 is 1.69 bits per heavy atom. The van der Waals surface area contributed by atoms with Gasteiger partial charge in [0.05, 0.1) is 6.54 Å². The van der Waals surface area contributed by atoms with Crippen LogP contribution in [0.2, 0.25) is 0 Å². The smallest absolute Gasteiger partial charge is 0.178 e. The zero-order valence-electron chi connectivity index (χ0n) is 7.36. The minimum atomic E-state index is 0.0509. The summed E-state index contributed by atoms with van der Waals surface area (Å²) in [5, 5.41) is 2.94. The lowest BCUT2D eigenvalue weighted by molar-refractivity contribution is 0.0992. The van der Waals surface area contributed by atoms with E-state index in [1.165, 1.54) is 0 Å². The molecule has 0 spiro atoms. The molecule has 0 aliphatic carbocycles. The van der Waals surface area contributed by atoms with Crippen molar-refractivity contribution in [3.63, 3.8) is 0 Å². The molecule has 0 fully saturated rings. The standard InChI is InChI=1S/C10H12N2O/c1-2-5-11-8-10(13)9-4-3-6-12-7-9/h2-4,6-7,11H,1,5,8H2. The second-order valence-corrected chi connectivity index (χ2v) is 2.58. The van der Waals surface area contributed by atoms with Crippen LogP contribution in [0.3, 0.4) is 0 Å². The third kappa shape index (κ3) is 3.17. The van der Waals surface area contributed by atoms with E-state index in [1.807, 2.05) is 0 Å². The molecule has 0 aliphatic heterocycles. The van der Waals surface area contributed by atoms with Crippen molar-refractivity contribution in [2.45, 2.75) is 0 Å². The maximum Gasteiger partial charge on any atom is 0.178 e. The predicted molar refractivity (Wildman–Crippen MR) is 51.6 cm³/mol. The molecule has 68 valence electrons. The molecule has 0 atom stereocenters. The molecule has 0 unspecified atom stereocenters. The van der Waals surface area contributed by atoms with Crippen molar-refractivity contribution in [2.24, 2.45) is 0 Å². The topological polar surface area (TPSA) is 42.0 Å². The first kappa shape index (κ1) is 9.61. The number of Topliss-reactive ketones (excluding diaryl/α,β-unsaturated/α-hetero) is 1. The Kier molecular flexibility index (Phi) is 3.85. The van der Waals surface area contributed by atoms with Crippen LogP contribution in [0.4, 0.5) is 0 Å². The Morgan fingerprint density at radius 2 is 2.54 bits per heavy atom. The molecule has 1 aromatic heterocycles. The van der Waals surface area contributed by atoms with Crippen LogP contribution in [0.1, 0.15) is 10.4 Å². The fourth-order valence-corrected chi connectivity index (χ4v) is 0.918. The Morgan fingerprint density at radius 3 is 3.15 bits per heavy atom. The Labute approximate surface area is 77.5 Å². The van der Waals surface area contributed by atoms with Gasteiger partial charge in [0.25, 0.3) is 0 Å². The van der Waals surface area contributed by atoms with Crippen LogP contribution in [-0.2, 0) is 0 Å². The van der Waals surface area contributed by atoms with Crippen LogP contribution < -0.4 is 5.32 Å². The number of aromatic nitrogens is 1. The first-order valence-corrected chi connectivity index (χ1v) is 4.09. The highest BCUT2D eigenvalue weighted by molar-refractivity contribution is 5.97. The molecule has 0 bridgehead atoms. The summed E-state index contributed by atoms with van der Waals surface area (Å²) >= 11 is 0. The van der Waals surface area contributed by atoms with Gasteiger partial charge in [0.2, 0.25) is 0 Å². The average Bonchev–Trinajstić information content (AvgIpc) is 2.19. The zero-order chi connectivity index (χ0) is 9.52. The van der Waals surface area contributed by atoms with Crippen molar-refractivity contribution >= 4 is 5.78 Å². The van der Waals surface area contributed by atoms with Crippen LogP contribution in [0.15, 0.2) is 37.2 Å². The van der Waals surface area contributed by atoms with E-state index in [2.05, 4.69) is 16.9 Å². The maximum absolute atomic E-state index is 11.4. The van der Waals surface area contributed by atoms with E-state index in [4.69, 9.17) is 0 Å². The summed E-state index contributed by atoms with van der Waals surface area (Å²) in [5.41, 5.74) is 0.638. The van der Waals surface area contributed by atoms with Gasteiger partial charge >= 0.3 is 0 Å². The lowest BCUT2D eigenvalue weighted by Gasteiger charge is -1.99. The summed E-state index contributed by atoms with van der Waals surface area (Å²) in [6, 6.07) is 3.51. The number of carbonyl (C=O) groups excluding carboxylic acids is 1. The Bertz CT molecular complexity index is 282. The van der Waals surface area contributed by atoms with Crippen molar-refractivity contribution in [2.75, 3.05) is 13.1 Å². The summed E-state index contributed by atoms with van der Waals surface area (Å²) in [5.74, 6) is 0.0509. The summed E-state index contributed by atoms with van der Waals surface area (Å²) < 4.78 is 0. The lowest BCUT2D eigenvalue weighted by atomic mass is 10.2. The second-order valence-electron chi connectivity index (χ2n) is 2.58. The normalized spacial score (nSPS) is 9.54. The number of hydrogen-bond acceptors (Lipinski definition) is 3. The third-order valence-electron chi connectivity index (χ3n) is 1.56. The molecule has 3 heteroatoms. The van der Waals surface area contributed by atoms with Crippen LogP contribution in [-0.4, -0.2) is 23.9 Å². The van der Waals surface area contributed by atoms with Crippen LogP contribution >= 0.6 is 0 Å². The highest BCUT2D eigenvalue weighted by Gasteiger charge is 2.02. The van der Waals surface area contributed by atoms with Crippen molar-refractivity contribution in [3.8, 4) is 0 Å². The average molecular weight is 176 g/mol. The van der Waals surface area contributed by atoms with Gasteiger partial charge in [-0.3, -0.25) is 9.78 Å².